The Bertz CT molecular complexity index is 1370. The maximum atomic E-state index is 14.1. The van der Waals surface area contributed by atoms with Gasteiger partial charge >= 0.3 is 43.7 Å². The van der Waals surface area contributed by atoms with Crippen molar-refractivity contribution in [1.82, 2.24) is 4.98 Å². The Labute approximate surface area is 272 Å². The summed E-state index contributed by atoms with van der Waals surface area (Å²) in [6, 6.07) is 10.7. The predicted molar refractivity (Wildman–Crippen MR) is 157 cm³/mol. The number of benzene rings is 2. The van der Waals surface area contributed by atoms with Crippen LogP contribution < -0.4 is 14.4 Å². The fraction of sp³-hybridized carbons (Fsp3) is 0.393. The number of methoxy groups -OCH3 is 2. The first-order valence-corrected chi connectivity index (χ1v) is 13.5. The number of carboxylic acids is 1. The molecule has 0 spiro atoms. The van der Waals surface area contributed by atoms with Gasteiger partial charge in [0.05, 0.1) is 25.6 Å². The molecule has 2 N–H and O–H groups in total. The van der Waals surface area contributed by atoms with Crippen molar-refractivity contribution in [3.05, 3.63) is 68.6 Å². The molecular weight excluding hydrogens is 584 g/mol. The molecule has 2 aromatic carbocycles. The van der Waals surface area contributed by atoms with Crippen molar-refractivity contribution in [3.63, 3.8) is 0 Å². The number of aromatic nitrogens is 1. The molecule has 1 amide bonds. The number of aliphatic hydroxyl groups excluding tert-OH is 1. The van der Waals surface area contributed by atoms with E-state index in [9.17, 15) is 14.7 Å². The van der Waals surface area contributed by atoms with E-state index < -0.39 is 23.6 Å². The fourth-order valence-electron chi connectivity index (χ4n) is 4.54. The minimum absolute atomic E-state index is 0. The van der Waals surface area contributed by atoms with Gasteiger partial charge in [0.25, 0.3) is 5.91 Å². The summed E-state index contributed by atoms with van der Waals surface area (Å²) < 4.78 is 17.8. The second kappa shape index (κ2) is 13.8. The normalized spacial score (nSPS) is 17.1. The number of aliphatic carboxylic acids is 1. The third-order valence-electron chi connectivity index (χ3n) is 6.42. The van der Waals surface area contributed by atoms with Crippen LogP contribution in [0.4, 0.5) is 5.69 Å². The van der Waals surface area contributed by atoms with E-state index in [1.54, 1.807) is 36.3 Å². The van der Waals surface area contributed by atoms with E-state index in [1.807, 2.05) is 26.0 Å². The molecule has 2 atom stereocenters. The van der Waals surface area contributed by atoms with Crippen molar-refractivity contribution in [2.75, 3.05) is 32.3 Å². The second-order valence-electron chi connectivity index (χ2n) is 10.0. The molecule has 12 heteroatoms. The molecule has 9 nitrogen and oxygen atoms in total. The van der Waals surface area contributed by atoms with Gasteiger partial charge in [-0.15, -0.1) is 11.3 Å². The molecule has 0 unspecified atom stereocenters. The first-order chi connectivity index (χ1) is 18.6. The predicted octanol–water partition coefficient (Wildman–Crippen LogP) is 3.61. The molecule has 1 aliphatic heterocycles. The molecule has 0 radical (unpaired) electrons. The van der Waals surface area contributed by atoms with E-state index in [1.165, 1.54) is 24.6 Å². The molecule has 1 aromatic heterocycles. The second-order valence-corrected chi connectivity index (χ2v) is 11.7. The number of hydrogen-bond donors (Lipinski definition) is 2. The summed E-state index contributed by atoms with van der Waals surface area (Å²) in [6.45, 7) is 3.83. The van der Waals surface area contributed by atoms with Crippen LogP contribution in [-0.2, 0) is 27.2 Å². The summed E-state index contributed by atoms with van der Waals surface area (Å²) in [4.78, 5) is 31.9. The first kappa shape index (κ1) is 32.6. The first-order valence-electron chi connectivity index (χ1n) is 12.3. The van der Waals surface area contributed by atoms with E-state index >= 15 is 0 Å². The van der Waals surface area contributed by atoms with Gasteiger partial charge in [0.1, 0.15) is 12.2 Å². The number of carbonyl (C=O) groups is 2. The molecule has 212 valence electrons. The van der Waals surface area contributed by atoms with E-state index in [0.29, 0.717) is 43.2 Å². The van der Waals surface area contributed by atoms with Gasteiger partial charge in [-0.25, -0.2) is 4.98 Å². The van der Waals surface area contributed by atoms with E-state index in [-0.39, 0.29) is 69.6 Å². The van der Waals surface area contributed by atoms with Gasteiger partial charge in [-0.3, -0.25) is 9.59 Å². The zero-order chi connectivity index (χ0) is 28.3. The molecule has 40 heavy (non-hydrogen) atoms. The van der Waals surface area contributed by atoms with Gasteiger partial charge in [-0.05, 0) is 24.3 Å². The van der Waals surface area contributed by atoms with E-state index in [2.05, 4.69) is 4.98 Å². The zero-order valence-corrected chi connectivity index (χ0v) is 23.7. The molecule has 0 saturated carbocycles. The Hall–Kier alpha value is -1.92. The number of halogens is 1. The van der Waals surface area contributed by atoms with Crippen molar-refractivity contribution in [3.8, 4) is 11.5 Å². The van der Waals surface area contributed by atoms with Crippen molar-refractivity contribution in [2.45, 2.75) is 38.9 Å². The summed E-state index contributed by atoms with van der Waals surface area (Å²) in [5.41, 5.74) is 1.30. The van der Waals surface area contributed by atoms with Gasteiger partial charge in [0.15, 0.2) is 11.5 Å². The molecule has 4 rings (SSSR count). The summed E-state index contributed by atoms with van der Waals surface area (Å²) in [6.07, 6.45) is -0.252. The molecule has 0 fully saturated rings. The van der Waals surface area contributed by atoms with Gasteiger partial charge in [-0.2, -0.15) is 0 Å². The van der Waals surface area contributed by atoms with E-state index in [4.69, 9.17) is 30.9 Å². The van der Waals surface area contributed by atoms with Crippen LogP contribution in [0.3, 0.4) is 0 Å². The Morgan fingerprint density at radius 2 is 1.95 bits per heavy atom. The summed E-state index contributed by atoms with van der Waals surface area (Å²) in [7, 11) is 3.08. The van der Waals surface area contributed by atoms with Gasteiger partial charge in [0.2, 0.25) is 0 Å². The number of amides is 1. The standard InChI is InChI=1S/C28H31ClN2O7S.Ca.2H/c1-28(2,15-32)14-31-20-9-8-16(29)10-19(20)25(18-6-5-7-21(36-3)26(18)37-4)38-22(27(31)35)12-23-30-13-17(39-23)11-24(33)34;;;/h5-10,13,22,25,32H,11-12,14-15H2,1-4H3,(H,33,34);;;/t22-,25-;;;/m1.../s1. The van der Waals surface area contributed by atoms with Gasteiger partial charge < -0.3 is 29.3 Å². The third-order valence-corrected chi connectivity index (χ3v) is 7.68. The SMILES string of the molecule is COc1cccc([C@H]2O[C@H](Cc3ncc(CC(=O)O)s3)C(=O)N(CC(C)(C)CO)c3ccc(Cl)cc32)c1OC.[CaH2]. The van der Waals surface area contributed by atoms with Crippen molar-refractivity contribution < 1.29 is 34.0 Å². The zero-order valence-electron chi connectivity index (χ0n) is 22.1. The van der Waals surface area contributed by atoms with E-state index in [0.717, 1.165) is 0 Å². The number of ether oxygens (including phenoxy) is 3. The van der Waals surface area contributed by atoms with Crippen LogP contribution in [0.2, 0.25) is 5.02 Å². The summed E-state index contributed by atoms with van der Waals surface area (Å²) in [5.74, 6) is -0.295. The number of fused-ring (bicyclic) bond motifs is 1. The number of nitrogens with zero attached hydrogens (tertiary/aromatic N) is 2. The summed E-state index contributed by atoms with van der Waals surface area (Å²) in [5, 5.41) is 20.2. The summed E-state index contributed by atoms with van der Waals surface area (Å²) >= 11 is 7.69. The fourth-order valence-corrected chi connectivity index (χ4v) is 5.66. The number of para-hydroxylation sites is 1. The molecule has 1 aliphatic rings. The maximum absolute atomic E-state index is 14.1. The Morgan fingerprint density at radius 1 is 1.20 bits per heavy atom. The number of anilines is 1. The van der Waals surface area contributed by atoms with Crippen LogP contribution in [0.25, 0.3) is 0 Å². The van der Waals surface area contributed by atoms with Crippen LogP contribution in [0.5, 0.6) is 11.5 Å². The van der Waals surface area contributed by atoms with Crippen LogP contribution in [0.1, 0.15) is 41.0 Å². The Kier molecular flexibility index (Phi) is 11.3. The number of carbonyl (C=O) groups excluding carboxylic acids is 1. The van der Waals surface area contributed by atoms with Crippen LogP contribution >= 0.6 is 22.9 Å². The molecule has 0 saturated heterocycles. The topological polar surface area (TPSA) is 118 Å². The van der Waals surface area contributed by atoms with Gasteiger partial charge in [-0.1, -0.05) is 37.6 Å². The Morgan fingerprint density at radius 3 is 2.60 bits per heavy atom. The van der Waals surface area contributed by atoms with Crippen LogP contribution in [-0.4, -0.2) is 98.3 Å². The molecule has 2 heterocycles. The van der Waals surface area contributed by atoms with Crippen molar-refractivity contribution >= 4 is 78.2 Å². The number of aliphatic hydroxyl groups is 1. The molecule has 0 aliphatic carbocycles. The minimum atomic E-state index is -0.976. The Balaban J connectivity index is 0.00000441. The van der Waals surface area contributed by atoms with Crippen LogP contribution in [0.15, 0.2) is 42.6 Å². The average molecular weight is 617 g/mol. The van der Waals surface area contributed by atoms with Crippen LogP contribution in [0, 0.1) is 5.41 Å². The number of thiazole rings is 1. The number of rotatable bonds is 10. The quantitative estimate of drug-likeness (QED) is 0.332. The molecular formula is C28H33CaClN2O7S. The average Bonchev–Trinajstić information content (AvgIpc) is 3.30. The monoisotopic (exact) mass is 616 g/mol. The molecule has 3 aromatic rings. The molecule has 0 bridgehead atoms. The van der Waals surface area contributed by atoms with Gasteiger partial charge in [0, 0.05) is 57.9 Å². The number of hydrogen-bond acceptors (Lipinski definition) is 8. The number of carboxylic acid groups (broad SMARTS) is 1. The van der Waals surface area contributed by atoms with Crippen molar-refractivity contribution in [2.24, 2.45) is 5.41 Å². The van der Waals surface area contributed by atoms with Crippen molar-refractivity contribution in [1.29, 1.82) is 0 Å². The third kappa shape index (κ3) is 7.28.